The molecule has 1 aliphatic heterocycles. The van der Waals surface area contributed by atoms with Gasteiger partial charge in [0.25, 0.3) is 0 Å². The van der Waals surface area contributed by atoms with Gasteiger partial charge < -0.3 is 25.2 Å². The van der Waals surface area contributed by atoms with Crippen LogP contribution < -0.4 is 15.4 Å². The van der Waals surface area contributed by atoms with Crippen molar-refractivity contribution in [2.75, 3.05) is 24.4 Å². The Morgan fingerprint density at radius 1 is 1.10 bits per heavy atom. The topological polar surface area (TPSA) is 106 Å². The lowest BCUT2D eigenvalue weighted by Gasteiger charge is -2.41. The van der Waals surface area contributed by atoms with Gasteiger partial charge in [-0.05, 0) is 55.3 Å². The van der Waals surface area contributed by atoms with Gasteiger partial charge in [-0.3, -0.25) is 0 Å². The summed E-state index contributed by atoms with van der Waals surface area (Å²) in [6.07, 6.45) is -9.07. The van der Waals surface area contributed by atoms with E-state index in [-0.39, 0.29) is 36.3 Å². The fourth-order valence-corrected chi connectivity index (χ4v) is 4.83. The summed E-state index contributed by atoms with van der Waals surface area (Å²) in [5.41, 5.74) is -3.34. The molecule has 2 heterocycles. The number of carbonyl (C=O) groups is 1. The second-order valence-electron chi connectivity index (χ2n) is 9.75. The van der Waals surface area contributed by atoms with Gasteiger partial charge in [0.2, 0.25) is 5.95 Å². The quantitative estimate of drug-likeness (QED) is 0.199. The molecule has 0 bridgehead atoms. The van der Waals surface area contributed by atoms with Crippen LogP contribution in [-0.2, 0) is 28.3 Å². The minimum Gasteiger partial charge on any atom is -0.504 e. The number of fused-ring (bicyclic) bond motifs is 1. The van der Waals surface area contributed by atoms with Gasteiger partial charge in [0.1, 0.15) is 11.3 Å². The fraction of sp³-hybridized carbons (Fsp3) is 0.393. The summed E-state index contributed by atoms with van der Waals surface area (Å²) in [5, 5.41) is 16.7. The molecule has 0 amide bonds. The number of aromatic nitrogens is 2. The van der Waals surface area contributed by atoms with Gasteiger partial charge in [-0.15, -0.1) is 0 Å². The molecule has 0 saturated carbocycles. The van der Waals surface area contributed by atoms with Crippen molar-refractivity contribution in [1.82, 2.24) is 9.97 Å². The number of anilines is 2. The molecule has 1 aromatic heterocycles. The first-order valence-electron chi connectivity index (χ1n) is 12.9. The summed E-state index contributed by atoms with van der Waals surface area (Å²) in [6.45, 7) is 3.66. The molecule has 226 valence electrons. The average molecular weight is 599 g/mol. The van der Waals surface area contributed by atoms with Gasteiger partial charge in [-0.2, -0.15) is 26.3 Å². The second kappa shape index (κ2) is 11.6. The standard InChI is InChI=1S/C28H28F6N4O4/c1-4-26(24(40)42-5-2)13-22(19-12-18(41-3)6-7-20(19)38-26)37-25-35-14-23(39)21(36-25)10-15-8-16(27(29,30)31)11-17(9-15)28(32,33)34/h6-9,11-12,14,22,38-39H,4-5,10,13H2,1-3H3,(H,35,36,37)/t22-,26+/m0/s1. The monoisotopic (exact) mass is 598 g/mol. The van der Waals surface area contributed by atoms with E-state index >= 15 is 0 Å². The molecule has 0 fully saturated rings. The summed E-state index contributed by atoms with van der Waals surface area (Å²) in [7, 11) is 1.49. The van der Waals surface area contributed by atoms with Gasteiger partial charge in [-0.25, -0.2) is 14.8 Å². The minimum absolute atomic E-state index is 0.0304. The number of carbonyl (C=O) groups excluding carboxylic acids is 1. The summed E-state index contributed by atoms with van der Waals surface area (Å²) in [6, 6.07) is 5.77. The Balaban J connectivity index is 1.71. The maximum Gasteiger partial charge on any atom is 0.416 e. The summed E-state index contributed by atoms with van der Waals surface area (Å²) >= 11 is 0. The van der Waals surface area contributed by atoms with Crippen LogP contribution in [-0.4, -0.2) is 40.3 Å². The molecule has 2 atom stereocenters. The molecule has 3 N–H and O–H groups in total. The van der Waals surface area contributed by atoms with E-state index in [1.54, 1.807) is 25.1 Å². The molecule has 0 saturated heterocycles. The van der Waals surface area contributed by atoms with E-state index in [0.29, 0.717) is 35.6 Å². The zero-order valence-electron chi connectivity index (χ0n) is 22.8. The van der Waals surface area contributed by atoms with Crippen molar-refractivity contribution in [2.24, 2.45) is 0 Å². The van der Waals surface area contributed by atoms with E-state index in [1.807, 2.05) is 6.92 Å². The maximum absolute atomic E-state index is 13.4. The Labute approximate surface area is 237 Å². The van der Waals surface area contributed by atoms with Crippen LogP contribution >= 0.6 is 0 Å². The lowest BCUT2D eigenvalue weighted by molar-refractivity contribution is -0.149. The van der Waals surface area contributed by atoms with Crippen molar-refractivity contribution in [3.05, 3.63) is 70.5 Å². The molecule has 8 nitrogen and oxygen atoms in total. The number of esters is 1. The van der Waals surface area contributed by atoms with Gasteiger partial charge in [0, 0.05) is 24.1 Å². The molecule has 2 aromatic carbocycles. The molecule has 0 spiro atoms. The van der Waals surface area contributed by atoms with E-state index in [9.17, 15) is 36.2 Å². The van der Waals surface area contributed by atoms with Crippen LogP contribution in [0.3, 0.4) is 0 Å². The van der Waals surface area contributed by atoms with E-state index in [0.717, 1.165) is 6.20 Å². The number of aromatic hydroxyl groups is 1. The van der Waals surface area contributed by atoms with Crippen molar-refractivity contribution in [3.63, 3.8) is 0 Å². The number of hydrogen-bond donors (Lipinski definition) is 3. The summed E-state index contributed by atoms with van der Waals surface area (Å²) < 4.78 is 90.8. The van der Waals surface area contributed by atoms with Crippen LogP contribution in [0.15, 0.2) is 42.6 Å². The van der Waals surface area contributed by atoms with Crippen molar-refractivity contribution >= 4 is 17.6 Å². The number of nitrogens with one attached hydrogen (secondary N) is 2. The van der Waals surface area contributed by atoms with Crippen molar-refractivity contribution in [1.29, 1.82) is 0 Å². The van der Waals surface area contributed by atoms with Crippen molar-refractivity contribution < 1.29 is 45.7 Å². The van der Waals surface area contributed by atoms with Crippen molar-refractivity contribution in [2.45, 2.75) is 57.0 Å². The highest BCUT2D eigenvalue weighted by Crippen LogP contribution is 2.43. The number of methoxy groups -OCH3 is 1. The van der Waals surface area contributed by atoms with Gasteiger partial charge in [0.05, 0.1) is 42.8 Å². The summed E-state index contributed by atoms with van der Waals surface area (Å²) in [4.78, 5) is 21.3. The van der Waals surface area contributed by atoms with E-state index in [4.69, 9.17) is 9.47 Å². The molecule has 14 heteroatoms. The lowest BCUT2D eigenvalue weighted by atomic mass is 9.81. The summed E-state index contributed by atoms with van der Waals surface area (Å²) in [5.74, 6) is -0.536. The zero-order valence-corrected chi connectivity index (χ0v) is 22.8. The second-order valence-corrected chi connectivity index (χ2v) is 9.75. The van der Waals surface area contributed by atoms with Crippen LogP contribution in [0.1, 0.15) is 60.7 Å². The number of halogens is 6. The molecule has 0 unspecified atom stereocenters. The lowest BCUT2D eigenvalue weighted by Crippen LogP contribution is -2.51. The van der Waals surface area contributed by atoms with Crippen LogP contribution in [0.2, 0.25) is 0 Å². The molecule has 1 aliphatic rings. The first kappa shape index (κ1) is 30.7. The Kier molecular flexibility index (Phi) is 8.46. The SMILES string of the molecule is CCOC(=O)[C@@]1(CC)C[C@H](Nc2ncc(O)c(Cc3cc(C(F)(F)F)cc(C(F)(F)F)c3)n2)c2cc(OC)ccc2N1. The number of hydrogen-bond acceptors (Lipinski definition) is 8. The fourth-order valence-electron chi connectivity index (χ4n) is 4.83. The largest absolute Gasteiger partial charge is 0.504 e. The van der Waals surface area contributed by atoms with Crippen LogP contribution in [0.4, 0.5) is 38.0 Å². The number of rotatable bonds is 8. The number of alkyl halides is 6. The third-order valence-electron chi connectivity index (χ3n) is 7.00. The van der Waals surface area contributed by atoms with Gasteiger partial charge in [-0.1, -0.05) is 6.92 Å². The zero-order chi connectivity index (χ0) is 30.9. The first-order chi connectivity index (χ1) is 19.7. The average Bonchev–Trinajstić information content (AvgIpc) is 2.93. The molecular weight excluding hydrogens is 570 g/mol. The highest BCUT2D eigenvalue weighted by Gasteiger charge is 2.45. The smallest absolute Gasteiger partial charge is 0.416 e. The molecule has 3 aromatic rings. The predicted molar refractivity (Wildman–Crippen MR) is 140 cm³/mol. The number of ether oxygens (including phenoxy) is 2. The van der Waals surface area contributed by atoms with Crippen LogP contribution in [0.25, 0.3) is 0 Å². The van der Waals surface area contributed by atoms with Gasteiger partial charge in [0.15, 0.2) is 5.75 Å². The van der Waals surface area contributed by atoms with Crippen molar-refractivity contribution in [3.8, 4) is 11.5 Å². The molecule has 42 heavy (non-hydrogen) atoms. The Morgan fingerprint density at radius 3 is 2.33 bits per heavy atom. The van der Waals surface area contributed by atoms with Crippen LogP contribution in [0, 0.1) is 0 Å². The first-order valence-corrected chi connectivity index (χ1v) is 12.9. The number of benzene rings is 2. The Bertz CT molecular complexity index is 1430. The Hall–Kier alpha value is -4.23. The highest BCUT2D eigenvalue weighted by molar-refractivity contribution is 5.86. The normalized spacial score (nSPS) is 18.5. The maximum atomic E-state index is 13.4. The minimum atomic E-state index is -5.02. The molecule has 0 aliphatic carbocycles. The van der Waals surface area contributed by atoms with E-state index in [2.05, 4.69) is 20.6 Å². The predicted octanol–water partition coefficient (Wildman–Crippen LogP) is 6.50. The number of nitrogens with zero attached hydrogens (tertiary/aromatic N) is 2. The highest BCUT2D eigenvalue weighted by atomic mass is 19.4. The van der Waals surface area contributed by atoms with E-state index in [1.165, 1.54) is 7.11 Å². The van der Waals surface area contributed by atoms with Crippen LogP contribution in [0.5, 0.6) is 11.5 Å². The van der Waals surface area contributed by atoms with Gasteiger partial charge >= 0.3 is 18.3 Å². The third-order valence-corrected chi connectivity index (χ3v) is 7.00. The Morgan fingerprint density at radius 2 is 1.76 bits per heavy atom. The molecular formula is C28H28F6N4O4. The van der Waals surface area contributed by atoms with E-state index < -0.39 is 53.2 Å². The third kappa shape index (κ3) is 6.47. The molecule has 4 rings (SSSR count). The molecule has 0 radical (unpaired) electrons.